The first-order valence-electron chi connectivity index (χ1n) is 15.2. The lowest BCUT2D eigenvalue weighted by molar-refractivity contribution is -0.198. The maximum Gasteiger partial charge on any atom is 0.335 e. The molecule has 0 spiro atoms. The molecule has 3 aliphatic rings. The molecule has 244 valence electrons. The number of hydrogen-bond donors (Lipinski definition) is 2. The fourth-order valence-electron chi connectivity index (χ4n) is 5.10. The molecule has 43 heavy (non-hydrogen) atoms. The maximum atomic E-state index is 12.0. The van der Waals surface area contributed by atoms with E-state index in [-0.39, 0.29) is 50.5 Å². The Bertz CT molecular complexity index is 910. The minimum atomic E-state index is -0.701. The van der Waals surface area contributed by atoms with Crippen LogP contribution in [0.15, 0.2) is 0 Å². The number of ether oxygens (including phenoxy) is 4. The Morgan fingerprint density at radius 2 is 1.49 bits per heavy atom. The number of hydroxylamine groups is 2. The van der Waals surface area contributed by atoms with E-state index in [1.807, 2.05) is 23.6 Å². The highest BCUT2D eigenvalue weighted by Gasteiger charge is 2.47. The molecule has 3 atom stereocenters. The van der Waals surface area contributed by atoms with E-state index in [1.165, 1.54) is 0 Å². The van der Waals surface area contributed by atoms with Crippen molar-refractivity contribution in [3.63, 3.8) is 0 Å². The molecule has 0 bridgehead atoms. The second kappa shape index (κ2) is 19.7. The largest absolute Gasteiger partial charge is 0.378 e. The lowest BCUT2D eigenvalue weighted by Crippen LogP contribution is -2.40. The summed E-state index contributed by atoms with van der Waals surface area (Å²) in [5, 5.41) is 6.97. The van der Waals surface area contributed by atoms with E-state index in [4.69, 9.17) is 23.8 Å². The Labute approximate surface area is 257 Å². The van der Waals surface area contributed by atoms with Crippen molar-refractivity contribution in [1.82, 2.24) is 20.6 Å². The molecule has 0 aromatic carbocycles. The minimum absolute atomic E-state index is 0.0361. The molecule has 0 aliphatic carbocycles. The van der Waals surface area contributed by atoms with Crippen LogP contribution in [0.2, 0.25) is 0 Å². The number of imide groups is 1. The molecule has 3 rings (SSSR count). The number of unbranched alkanes of at least 4 members (excludes halogenated alkanes) is 2. The van der Waals surface area contributed by atoms with Crippen LogP contribution in [0.5, 0.6) is 0 Å². The van der Waals surface area contributed by atoms with Crippen molar-refractivity contribution in [2.24, 2.45) is 0 Å². The zero-order chi connectivity index (χ0) is 30.9. The summed E-state index contributed by atoms with van der Waals surface area (Å²) in [6.07, 6.45) is 4.55. The van der Waals surface area contributed by atoms with Crippen LogP contribution < -0.4 is 10.6 Å². The van der Waals surface area contributed by atoms with E-state index in [2.05, 4.69) is 10.6 Å². The molecule has 5 amide bonds. The van der Waals surface area contributed by atoms with Gasteiger partial charge in [-0.25, -0.2) is 9.59 Å². The summed E-state index contributed by atoms with van der Waals surface area (Å²) in [5.74, 6) is -0.702. The van der Waals surface area contributed by atoms with Gasteiger partial charge in [0.1, 0.15) is 0 Å². The Morgan fingerprint density at radius 3 is 2.14 bits per heavy atom. The number of hydrogen-bond acceptors (Lipinski definition) is 11. The predicted octanol–water partition coefficient (Wildman–Crippen LogP) is 1.01. The minimum Gasteiger partial charge on any atom is -0.378 e. The number of carbonyl (C=O) groups excluding carboxylic acids is 5. The summed E-state index contributed by atoms with van der Waals surface area (Å²) in [6.45, 7) is 5.98. The second-order valence-corrected chi connectivity index (χ2v) is 11.7. The van der Waals surface area contributed by atoms with Gasteiger partial charge in [0.2, 0.25) is 5.91 Å². The summed E-state index contributed by atoms with van der Waals surface area (Å²) in [7, 11) is 0. The molecule has 0 radical (unpaired) electrons. The molecule has 0 unspecified atom stereocenters. The molecular formula is C28H46N4O10S. The average molecular weight is 631 g/mol. The van der Waals surface area contributed by atoms with Gasteiger partial charge in [-0.15, -0.1) is 5.06 Å². The van der Waals surface area contributed by atoms with Gasteiger partial charge in [-0.05, 0) is 19.8 Å². The van der Waals surface area contributed by atoms with Crippen molar-refractivity contribution >= 4 is 41.5 Å². The van der Waals surface area contributed by atoms with Gasteiger partial charge in [0.15, 0.2) is 0 Å². The molecular weight excluding hydrogens is 584 g/mol. The standard InChI is InChI=1S/C28H46N4O10S/c1-2-31-27-21(30-28(31)37)20-43-22(27)6-4-3-5-7-23(33)29-11-13-39-15-17-41-19-18-40-16-14-38-12-10-26(36)42-32-24(34)8-9-25(32)35/h21-22,27H,2-20H2,1H3,(H,29,33)(H,30,37)/t21-,22-,27-/m0/s1. The Balaban J connectivity index is 1.02. The third-order valence-electron chi connectivity index (χ3n) is 7.28. The van der Waals surface area contributed by atoms with Crippen LogP contribution in [0.1, 0.15) is 58.3 Å². The van der Waals surface area contributed by atoms with Crippen molar-refractivity contribution in [1.29, 1.82) is 0 Å². The van der Waals surface area contributed by atoms with Crippen LogP contribution >= 0.6 is 11.8 Å². The van der Waals surface area contributed by atoms with Crippen LogP contribution in [-0.2, 0) is 43.0 Å². The number of nitrogens with one attached hydrogen (secondary N) is 2. The normalized spacial score (nSPS) is 21.4. The number of fused-ring (bicyclic) bond motifs is 1. The number of urea groups is 1. The molecule has 3 saturated heterocycles. The van der Waals surface area contributed by atoms with E-state index in [9.17, 15) is 24.0 Å². The van der Waals surface area contributed by atoms with E-state index < -0.39 is 17.8 Å². The highest BCUT2D eigenvalue weighted by atomic mass is 32.2. The Morgan fingerprint density at radius 1 is 0.860 bits per heavy atom. The Hall–Kier alpha value is -2.46. The monoisotopic (exact) mass is 630 g/mol. The van der Waals surface area contributed by atoms with E-state index in [1.54, 1.807) is 0 Å². The highest BCUT2D eigenvalue weighted by Crippen LogP contribution is 2.37. The first kappa shape index (κ1) is 35.0. The molecule has 3 aliphatic heterocycles. The molecule has 2 N–H and O–H groups in total. The summed E-state index contributed by atoms with van der Waals surface area (Å²) < 4.78 is 21.6. The summed E-state index contributed by atoms with van der Waals surface area (Å²) in [4.78, 5) is 65.2. The highest BCUT2D eigenvalue weighted by molar-refractivity contribution is 8.00. The number of amides is 5. The summed E-state index contributed by atoms with van der Waals surface area (Å²) in [6, 6.07) is 0.647. The van der Waals surface area contributed by atoms with Gasteiger partial charge >= 0.3 is 12.0 Å². The van der Waals surface area contributed by atoms with Gasteiger partial charge in [0.25, 0.3) is 11.8 Å². The van der Waals surface area contributed by atoms with Crippen molar-refractivity contribution in [3.8, 4) is 0 Å². The number of rotatable bonds is 23. The van der Waals surface area contributed by atoms with Gasteiger partial charge in [0, 0.05) is 43.4 Å². The van der Waals surface area contributed by atoms with E-state index >= 15 is 0 Å². The molecule has 15 heteroatoms. The Kier molecular flexibility index (Phi) is 16.1. The summed E-state index contributed by atoms with van der Waals surface area (Å²) in [5.41, 5.74) is 0. The van der Waals surface area contributed by atoms with Crippen LogP contribution in [0, 0.1) is 0 Å². The van der Waals surface area contributed by atoms with E-state index in [0.29, 0.717) is 69.0 Å². The number of likely N-dealkylation sites (N-methyl/N-ethyl adjacent to an activating group) is 1. The lowest BCUT2D eigenvalue weighted by atomic mass is 10.0. The molecule has 0 saturated carbocycles. The predicted molar refractivity (Wildman–Crippen MR) is 156 cm³/mol. The van der Waals surface area contributed by atoms with Crippen LogP contribution in [0.25, 0.3) is 0 Å². The number of thioether (sulfide) groups is 1. The lowest BCUT2D eigenvalue weighted by Gasteiger charge is -2.26. The SMILES string of the molecule is CCN1C(=O)N[C@H]2CS[C@@H](CCCCCC(=O)NCCOCCOCCOCCOCCC(=O)ON3C(=O)CCC3=O)[C@H]21. The van der Waals surface area contributed by atoms with Crippen LogP contribution in [-0.4, -0.2) is 129 Å². The van der Waals surface area contributed by atoms with Crippen molar-refractivity contribution in [3.05, 3.63) is 0 Å². The van der Waals surface area contributed by atoms with Gasteiger partial charge in [-0.2, -0.15) is 11.8 Å². The molecule has 3 fully saturated rings. The van der Waals surface area contributed by atoms with Gasteiger partial charge < -0.3 is 39.3 Å². The zero-order valence-electron chi connectivity index (χ0n) is 25.1. The molecule has 0 aromatic heterocycles. The third kappa shape index (κ3) is 12.2. The smallest absolute Gasteiger partial charge is 0.335 e. The second-order valence-electron chi connectivity index (χ2n) is 10.4. The maximum absolute atomic E-state index is 12.0. The third-order valence-corrected chi connectivity index (χ3v) is 8.77. The quantitative estimate of drug-likeness (QED) is 0.0942. The summed E-state index contributed by atoms with van der Waals surface area (Å²) >= 11 is 1.96. The zero-order valence-corrected chi connectivity index (χ0v) is 25.9. The number of nitrogens with zero attached hydrogens (tertiary/aromatic N) is 2. The first-order chi connectivity index (χ1) is 20.9. The topological polar surface area (TPSA) is 162 Å². The first-order valence-corrected chi connectivity index (χ1v) is 16.3. The van der Waals surface area contributed by atoms with Gasteiger partial charge in [-0.1, -0.05) is 12.8 Å². The molecule has 3 heterocycles. The van der Waals surface area contributed by atoms with Crippen molar-refractivity contribution < 1.29 is 47.8 Å². The van der Waals surface area contributed by atoms with Gasteiger partial charge in [0.05, 0.1) is 71.4 Å². The molecule has 0 aromatic rings. The fourth-order valence-corrected chi connectivity index (χ4v) is 6.70. The van der Waals surface area contributed by atoms with E-state index in [0.717, 1.165) is 38.0 Å². The average Bonchev–Trinajstić information content (AvgIpc) is 3.63. The van der Waals surface area contributed by atoms with Crippen molar-refractivity contribution in [2.75, 3.05) is 71.7 Å². The van der Waals surface area contributed by atoms with Crippen molar-refractivity contribution in [2.45, 2.75) is 75.6 Å². The van der Waals surface area contributed by atoms with Crippen LogP contribution in [0.3, 0.4) is 0 Å². The van der Waals surface area contributed by atoms with Gasteiger partial charge in [-0.3, -0.25) is 14.4 Å². The van der Waals surface area contributed by atoms with Crippen LogP contribution in [0.4, 0.5) is 4.79 Å². The fraction of sp³-hybridized carbons (Fsp3) is 0.821. The number of carbonyl (C=O) groups is 5. The molecule has 14 nitrogen and oxygen atoms in total.